The van der Waals surface area contributed by atoms with Crippen molar-refractivity contribution in [3.63, 3.8) is 0 Å². The van der Waals surface area contributed by atoms with Crippen molar-refractivity contribution in [3.05, 3.63) is 76.2 Å². The van der Waals surface area contributed by atoms with Gasteiger partial charge in [0.05, 0.1) is 13.2 Å². The minimum absolute atomic E-state index is 0.0317. The highest BCUT2D eigenvalue weighted by molar-refractivity contribution is 7.10. The molecule has 1 amide bonds. The second kappa shape index (κ2) is 9.37. The Bertz CT molecular complexity index is 895. The number of amides is 1. The van der Waals surface area contributed by atoms with Gasteiger partial charge in [-0.3, -0.25) is 9.78 Å². The van der Waals surface area contributed by atoms with Crippen molar-refractivity contribution in [1.82, 2.24) is 10.3 Å². The van der Waals surface area contributed by atoms with Crippen molar-refractivity contribution in [1.29, 1.82) is 0 Å². The van der Waals surface area contributed by atoms with Crippen LogP contribution in [-0.2, 0) is 6.61 Å². The summed E-state index contributed by atoms with van der Waals surface area (Å²) in [7, 11) is 1.58. The number of carbonyl (C=O) groups excluding carboxylic acids is 1. The van der Waals surface area contributed by atoms with E-state index >= 15 is 0 Å². The maximum Gasteiger partial charge on any atom is 0.251 e. The van der Waals surface area contributed by atoms with Gasteiger partial charge < -0.3 is 14.8 Å². The van der Waals surface area contributed by atoms with Crippen LogP contribution in [0, 0.1) is 5.92 Å². The SMILES string of the molecule is COc1ccc(C(=O)NC(c2cccs2)C(C)C)cc1OCc1ccncc1. The van der Waals surface area contributed by atoms with Crippen molar-refractivity contribution in [2.45, 2.75) is 26.5 Å². The molecule has 0 radical (unpaired) electrons. The zero-order chi connectivity index (χ0) is 19.9. The molecule has 0 aliphatic carbocycles. The van der Waals surface area contributed by atoms with Crippen LogP contribution >= 0.6 is 11.3 Å². The minimum atomic E-state index is -0.136. The van der Waals surface area contributed by atoms with E-state index in [1.54, 1.807) is 49.0 Å². The molecular weight excluding hydrogens is 372 g/mol. The Kier molecular flexibility index (Phi) is 6.66. The molecule has 1 unspecified atom stereocenters. The van der Waals surface area contributed by atoms with E-state index in [1.807, 2.05) is 29.6 Å². The first-order chi connectivity index (χ1) is 13.6. The molecule has 1 N–H and O–H groups in total. The zero-order valence-corrected chi connectivity index (χ0v) is 17.0. The van der Waals surface area contributed by atoms with Crippen LogP contribution in [0.25, 0.3) is 0 Å². The summed E-state index contributed by atoms with van der Waals surface area (Å²) < 4.78 is 11.3. The second-order valence-electron chi connectivity index (χ2n) is 6.72. The number of carbonyl (C=O) groups is 1. The van der Waals surface area contributed by atoms with Gasteiger partial charge in [-0.15, -0.1) is 11.3 Å². The summed E-state index contributed by atoms with van der Waals surface area (Å²) in [6, 6.07) is 13.0. The lowest BCUT2D eigenvalue weighted by atomic mass is 10.0. The Labute approximate surface area is 169 Å². The zero-order valence-electron chi connectivity index (χ0n) is 16.2. The van der Waals surface area contributed by atoms with E-state index in [0.717, 1.165) is 10.4 Å². The number of nitrogens with one attached hydrogen (secondary N) is 1. The molecule has 0 saturated carbocycles. The maximum absolute atomic E-state index is 12.9. The first kappa shape index (κ1) is 19.9. The number of hydrogen-bond acceptors (Lipinski definition) is 5. The van der Waals surface area contributed by atoms with E-state index < -0.39 is 0 Å². The molecule has 146 valence electrons. The van der Waals surface area contributed by atoms with Gasteiger partial charge in [0.2, 0.25) is 0 Å². The van der Waals surface area contributed by atoms with Crippen LogP contribution in [0.4, 0.5) is 0 Å². The maximum atomic E-state index is 12.9. The number of methoxy groups -OCH3 is 1. The lowest BCUT2D eigenvalue weighted by Crippen LogP contribution is -2.31. The molecule has 0 saturated heterocycles. The predicted octanol–water partition coefficient (Wildman–Crippen LogP) is 4.86. The van der Waals surface area contributed by atoms with E-state index in [-0.39, 0.29) is 17.9 Å². The fourth-order valence-corrected chi connectivity index (χ4v) is 3.78. The summed E-state index contributed by atoms with van der Waals surface area (Å²) >= 11 is 1.65. The summed E-state index contributed by atoms with van der Waals surface area (Å²) in [6.45, 7) is 4.57. The van der Waals surface area contributed by atoms with Gasteiger partial charge in [-0.2, -0.15) is 0 Å². The lowest BCUT2D eigenvalue weighted by Gasteiger charge is -2.21. The van der Waals surface area contributed by atoms with E-state index in [2.05, 4.69) is 24.1 Å². The molecule has 5 nitrogen and oxygen atoms in total. The molecule has 0 fully saturated rings. The number of pyridine rings is 1. The van der Waals surface area contributed by atoms with Crippen LogP contribution in [0.5, 0.6) is 11.5 Å². The molecule has 1 atom stereocenters. The summed E-state index contributed by atoms with van der Waals surface area (Å²) in [5.74, 6) is 1.26. The van der Waals surface area contributed by atoms with Crippen molar-refractivity contribution >= 4 is 17.2 Å². The Hall–Kier alpha value is -2.86. The molecule has 2 aromatic heterocycles. The van der Waals surface area contributed by atoms with Crippen LogP contribution in [0.3, 0.4) is 0 Å². The monoisotopic (exact) mass is 396 g/mol. The Morgan fingerprint density at radius 3 is 2.57 bits per heavy atom. The number of hydrogen-bond donors (Lipinski definition) is 1. The van der Waals surface area contributed by atoms with Gasteiger partial charge in [0, 0.05) is 22.8 Å². The molecule has 3 rings (SSSR count). The molecule has 3 aromatic rings. The van der Waals surface area contributed by atoms with Crippen molar-refractivity contribution < 1.29 is 14.3 Å². The number of benzene rings is 1. The smallest absolute Gasteiger partial charge is 0.251 e. The van der Waals surface area contributed by atoms with Gasteiger partial charge in [0.15, 0.2) is 11.5 Å². The molecule has 2 heterocycles. The van der Waals surface area contributed by atoms with Crippen LogP contribution in [0.1, 0.15) is 40.7 Å². The average molecular weight is 397 g/mol. The minimum Gasteiger partial charge on any atom is -0.493 e. The third-order valence-corrected chi connectivity index (χ3v) is 5.33. The molecular formula is C22H24N2O3S. The Balaban J connectivity index is 1.76. The Morgan fingerprint density at radius 1 is 1.14 bits per heavy atom. The van der Waals surface area contributed by atoms with Gasteiger partial charge in [-0.1, -0.05) is 19.9 Å². The molecule has 0 bridgehead atoms. The number of nitrogens with zero attached hydrogens (tertiary/aromatic N) is 1. The van der Waals surface area contributed by atoms with Crippen molar-refractivity contribution in [3.8, 4) is 11.5 Å². The van der Waals surface area contributed by atoms with Crippen LogP contribution in [0.2, 0.25) is 0 Å². The van der Waals surface area contributed by atoms with E-state index in [4.69, 9.17) is 9.47 Å². The number of rotatable bonds is 8. The Morgan fingerprint density at radius 2 is 1.93 bits per heavy atom. The molecule has 1 aromatic carbocycles. The highest BCUT2D eigenvalue weighted by Gasteiger charge is 2.21. The summed E-state index contributed by atoms with van der Waals surface area (Å²) in [5, 5.41) is 5.16. The highest BCUT2D eigenvalue weighted by atomic mass is 32.1. The van der Waals surface area contributed by atoms with Gasteiger partial charge in [0.25, 0.3) is 5.91 Å². The van der Waals surface area contributed by atoms with E-state index in [1.165, 1.54) is 0 Å². The van der Waals surface area contributed by atoms with Crippen LogP contribution in [-0.4, -0.2) is 18.0 Å². The third-order valence-electron chi connectivity index (χ3n) is 4.37. The molecule has 6 heteroatoms. The van der Waals surface area contributed by atoms with E-state index in [0.29, 0.717) is 23.7 Å². The summed E-state index contributed by atoms with van der Waals surface area (Å²) in [4.78, 5) is 18.0. The van der Waals surface area contributed by atoms with E-state index in [9.17, 15) is 4.79 Å². The molecule has 28 heavy (non-hydrogen) atoms. The van der Waals surface area contributed by atoms with Gasteiger partial charge in [-0.25, -0.2) is 0 Å². The summed E-state index contributed by atoms with van der Waals surface area (Å²) in [6.07, 6.45) is 3.44. The molecule has 0 aliphatic rings. The quantitative estimate of drug-likeness (QED) is 0.591. The van der Waals surface area contributed by atoms with Crippen LogP contribution in [0.15, 0.2) is 60.2 Å². The largest absolute Gasteiger partial charge is 0.493 e. The van der Waals surface area contributed by atoms with Crippen molar-refractivity contribution in [2.75, 3.05) is 7.11 Å². The van der Waals surface area contributed by atoms with Crippen molar-refractivity contribution in [2.24, 2.45) is 5.92 Å². The normalized spacial score (nSPS) is 11.9. The first-order valence-corrected chi connectivity index (χ1v) is 10.0. The highest BCUT2D eigenvalue weighted by Crippen LogP contribution is 2.30. The third kappa shape index (κ3) is 4.89. The van der Waals surface area contributed by atoms with Gasteiger partial charge in [-0.05, 0) is 53.3 Å². The summed E-state index contributed by atoms with van der Waals surface area (Å²) in [5.41, 5.74) is 1.53. The second-order valence-corrected chi connectivity index (χ2v) is 7.70. The first-order valence-electron chi connectivity index (χ1n) is 9.12. The fourth-order valence-electron chi connectivity index (χ4n) is 2.83. The number of aromatic nitrogens is 1. The van der Waals surface area contributed by atoms with Crippen LogP contribution < -0.4 is 14.8 Å². The molecule has 0 spiro atoms. The lowest BCUT2D eigenvalue weighted by molar-refractivity contribution is 0.0926. The van der Waals surface area contributed by atoms with Gasteiger partial charge >= 0.3 is 0 Å². The number of thiophene rings is 1. The average Bonchev–Trinajstić information content (AvgIpc) is 3.25. The standard InChI is InChI=1S/C22H24N2O3S/c1-15(2)21(20-5-4-12-28-20)24-22(25)17-6-7-18(26-3)19(13-17)27-14-16-8-10-23-11-9-16/h4-13,15,21H,14H2,1-3H3,(H,24,25). The predicted molar refractivity (Wildman–Crippen MR) is 111 cm³/mol. The fraction of sp³-hybridized carbons (Fsp3) is 0.273. The van der Waals surface area contributed by atoms with Gasteiger partial charge in [0.1, 0.15) is 6.61 Å². The topological polar surface area (TPSA) is 60.5 Å². The number of ether oxygens (including phenoxy) is 2. The molecule has 0 aliphatic heterocycles.